The standard InChI is InChI=1S/C26H25NO7S/c1-31-18-9-7-15(12-20(18)33-3)23-22(24(28)16-8-10-19(32-2)21(13-16)34-4)25(29)26(30)27(23)14-17-6-5-11-35-17/h5-13,23,28H,14H2,1-4H3/b24-22-. The summed E-state index contributed by atoms with van der Waals surface area (Å²) in [5.41, 5.74) is 0.897. The Bertz CT molecular complexity index is 1280. The molecule has 9 heteroatoms. The van der Waals surface area contributed by atoms with Crippen LogP contribution in [0.2, 0.25) is 0 Å². The predicted octanol–water partition coefficient (Wildman–Crippen LogP) is 4.40. The van der Waals surface area contributed by atoms with Crippen molar-refractivity contribution >= 4 is 28.8 Å². The number of rotatable bonds is 8. The number of thiophene rings is 1. The Kier molecular flexibility index (Phi) is 6.97. The Morgan fingerprint density at radius 2 is 1.51 bits per heavy atom. The van der Waals surface area contributed by atoms with E-state index >= 15 is 0 Å². The van der Waals surface area contributed by atoms with E-state index in [1.54, 1.807) is 36.4 Å². The molecule has 1 atom stereocenters. The number of aliphatic hydroxyl groups is 1. The summed E-state index contributed by atoms with van der Waals surface area (Å²) in [6, 6.07) is 12.9. The molecule has 1 unspecified atom stereocenters. The molecule has 1 aliphatic heterocycles. The fourth-order valence-electron chi connectivity index (χ4n) is 4.12. The summed E-state index contributed by atoms with van der Waals surface area (Å²) in [4.78, 5) is 28.8. The van der Waals surface area contributed by atoms with Crippen molar-refractivity contribution in [3.05, 3.63) is 75.5 Å². The van der Waals surface area contributed by atoms with Crippen molar-refractivity contribution in [2.24, 2.45) is 0 Å². The molecule has 0 aliphatic carbocycles. The summed E-state index contributed by atoms with van der Waals surface area (Å²) in [5, 5.41) is 13.2. The minimum atomic E-state index is -0.843. The number of methoxy groups -OCH3 is 4. The minimum absolute atomic E-state index is 0.0222. The normalized spacial score (nSPS) is 16.9. The number of ether oxygens (including phenoxy) is 4. The number of aliphatic hydroxyl groups excluding tert-OH is 1. The van der Waals surface area contributed by atoms with Crippen LogP contribution in [0.25, 0.3) is 5.76 Å². The number of Topliss-reactive ketones (excluding diaryl/α,β-unsaturated/α-hetero) is 1. The van der Waals surface area contributed by atoms with Crippen LogP contribution in [0.5, 0.6) is 23.0 Å². The van der Waals surface area contributed by atoms with Crippen LogP contribution >= 0.6 is 11.3 Å². The zero-order chi connectivity index (χ0) is 25.1. The van der Waals surface area contributed by atoms with Crippen LogP contribution in [-0.2, 0) is 16.1 Å². The fourth-order valence-corrected chi connectivity index (χ4v) is 4.82. The summed E-state index contributed by atoms with van der Waals surface area (Å²) < 4.78 is 21.4. The Morgan fingerprint density at radius 1 is 0.886 bits per heavy atom. The van der Waals surface area contributed by atoms with Crippen molar-refractivity contribution in [3.63, 3.8) is 0 Å². The van der Waals surface area contributed by atoms with Gasteiger partial charge in [-0.2, -0.15) is 0 Å². The van der Waals surface area contributed by atoms with Crippen LogP contribution in [0.3, 0.4) is 0 Å². The molecule has 0 radical (unpaired) electrons. The number of hydrogen-bond donors (Lipinski definition) is 1. The van der Waals surface area contributed by atoms with Crippen molar-refractivity contribution < 1.29 is 33.6 Å². The van der Waals surface area contributed by atoms with Gasteiger partial charge in [-0.15, -0.1) is 11.3 Å². The first kappa shape index (κ1) is 24.2. The molecule has 1 aliphatic rings. The number of carbonyl (C=O) groups excluding carboxylic acids is 2. The quantitative estimate of drug-likeness (QED) is 0.281. The highest BCUT2D eigenvalue weighted by Crippen LogP contribution is 2.43. The molecule has 8 nitrogen and oxygen atoms in total. The van der Waals surface area contributed by atoms with Crippen molar-refractivity contribution in [2.45, 2.75) is 12.6 Å². The van der Waals surface area contributed by atoms with E-state index in [2.05, 4.69) is 0 Å². The number of ketones is 1. The van der Waals surface area contributed by atoms with Crippen molar-refractivity contribution in [3.8, 4) is 23.0 Å². The Morgan fingerprint density at radius 3 is 2.11 bits per heavy atom. The average Bonchev–Trinajstić information content (AvgIpc) is 3.49. The van der Waals surface area contributed by atoms with Crippen molar-refractivity contribution in [1.29, 1.82) is 0 Å². The molecule has 2 heterocycles. The molecule has 35 heavy (non-hydrogen) atoms. The number of hydrogen-bond acceptors (Lipinski definition) is 8. The number of amides is 1. The van der Waals surface area contributed by atoms with Gasteiger partial charge in [-0.25, -0.2) is 0 Å². The molecule has 1 saturated heterocycles. The van der Waals surface area contributed by atoms with Crippen LogP contribution in [0, 0.1) is 0 Å². The van der Waals surface area contributed by atoms with Gasteiger partial charge >= 0.3 is 0 Å². The second-order valence-electron chi connectivity index (χ2n) is 7.69. The Balaban J connectivity index is 1.90. The van der Waals surface area contributed by atoms with Gasteiger partial charge < -0.3 is 29.0 Å². The van der Waals surface area contributed by atoms with Gasteiger partial charge in [0.25, 0.3) is 11.7 Å². The van der Waals surface area contributed by atoms with Crippen molar-refractivity contribution in [1.82, 2.24) is 4.90 Å². The summed E-state index contributed by atoms with van der Waals surface area (Å²) in [7, 11) is 6.02. The second-order valence-corrected chi connectivity index (χ2v) is 8.72. The number of likely N-dealkylation sites (tertiary alicyclic amines) is 1. The van der Waals surface area contributed by atoms with Gasteiger partial charge in [-0.1, -0.05) is 12.1 Å². The SMILES string of the molecule is COc1ccc(/C(O)=C2/C(=O)C(=O)N(Cc3cccs3)C2c2ccc(OC)c(OC)c2)cc1OC. The minimum Gasteiger partial charge on any atom is -0.507 e. The van der Waals surface area contributed by atoms with E-state index in [4.69, 9.17) is 18.9 Å². The molecule has 182 valence electrons. The van der Waals surface area contributed by atoms with Gasteiger partial charge in [-0.3, -0.25) is 9.59 Å². The Labute approximate surface area is 206 Å². The molecule has 3 aromatic rings. The maximum Gasteiger partial charge on any atom is 0.295 e. The average molecular weight is 496 g/mol. The first-order valence-corrected chi connectivity index (χ1v) is 11.6. The van der Waals surface area contributed by atoms with E-state index in [0.29, 0.717) is 34.1 Å². The summed E-state index contributed by atoms with van der Waals surface area (Å²) in [5.74, 6) is 0.0291. The third kappa shape index (κ3) is 4.42. The van der Waals surface area contributed by atoms with Gasteiger partial charge in [-0.05, 0) is 47.3 Å². The van der Waals surface area contributed by atoms with E-state index in [-0.39, 0.29) is 17.9 Å². The highest BCUT2D eigenvalue weighted by atomic mass is 32.1. The number of carbonyl (C=O) groups is 2. The molecule has 1 aromatic heterocycles. The lowest BCUT2D eigenvalue weighted by atomic mass is 9.94. The fraction of sp³-hybridized carbons (Fsp3) is 0.231. The maximum absolute atomic E-state index is 13.3. The zero-order valence-corrected chi connectivity index (χ0v) is 20.5. The summed E-state index contributed by atoms with van der Waals surface area (Å²) >= 11 is 1.48. The maximum atomic E-state index is 13.3. The summed E-state index contributed by atoms with van der Waals surface area (Å²) in [6.45, 7) is 0.212. The molecule has 4 rings (SSSR count). The van der Waals surface area contributed by atoms with E-state index in [1.807, 2.05) is 17.5 Å². The van der Waals surface area contributed by atoms with Crippen LogP contribution in [-0.4, -0.2) is 50.1 Å². The Hall–Kier alpha value is -3.98. The van der Waals surface area contributed by atoms with Gasteiger partial charge in [0.15, 0.2) is 23.0 Å². The van der Waals surface area contributed by atoms with Crippen LogP contribution < -0.4 is 18.9 Å². The van der Waals surface area contributed by atoms with E-state index < -0.39 is 17.7 Å². The van der Waals surface area contributed by atoms with Gasteiger partial charge in [0, 0.05) is 10.4 Å². The number of benzene rings is 2. The highest BCUT2D eigenvalue weighted by Gasteiger charge is 2.46. The molecule has 1 N–H and O–H groups in total. The molecular formula is C26H25NO7S. The van der Waals surface area contributed by atoms with Gasteiger partial charge in [0.1, 0.15) is 5.76 Å². The lowest BCUT2D eigenvalue weighted by Gasteiger charge is -2.25. The van der Waals surface area contributed by atoms with E-state index in [9.17, 15) is 14.7 Å². The molecule has 0 spiro atoms. The number of nitrogens with zero attached hydrogens (tertiary/aromatic N) is 1. The van der Waals surface area contributed by atoms with Crippen LogP contribution in [0.15, 0.2) is 59.5 Å². The van der Waals surface area contributed by atoms with Gasteiger partial charge in [0.2, 0.25) is 0 Å². The lowest BCUT2D eigenvalue weighted by molar-refractivity contribution is -0.140. The smallest absolute Gasteiger partial charge is 0.295 e. The van der Waals surface area contributed by atoms with Crippen LogP contribution in [0.1, 0.15) is 22.0 Å². The second kappa shape index (κ2) is 10.1. The van der Waals surface area contributed by atoms with E-state index in [1.165, 1.54) is 44.7 Å². The van der Waals surface area contributed by atoms with Gasteiger partial charge in [0.05, 0.1) is 46.6 Å². The lowest BCUT2D eigenvalue weighted by Crippen LogP contribution is -2.28. The zero-order valence-electron chi connectivity index (χ0n) is 19.7. The van der Waals surface area contributed by atoms with Crippen LogP contribution in [0.4, 0.5) is 0 Å². The largest absolute Gasteiger partial charge is 0.507 e. The highest BCUT2D eigenvalue weighted by molar-refractivity contribution is 7.09. The predicted molar refractivity (Wildman–Crippen MR) is 131 cm³/mol. The molecule has 1 amide bonds. The molecule has 0 saturated carbocycles. The first-order chi connectivity index (χ1) is 16.9. The topological polar surface area (TPSA) is 94.5 Å². The molecule has 0 bridgehead atoms. The third-order valence-corrected chi connectivity index (χ3v) is 6.69. The monoisotopic (exact) mass is 495 g/mol. The molecule has 1 fully saturated rings. The molecular weight excluding hydrogens is 470 g/mol. The third-order valence-electron chi connectivity index (χ3n) is 5.83. The summed E-state index contributed by atoms with van der Waals surface area (Å²) in [6.07, 6.45) is 0. The van der Waals surface area contributed by atoms with E-state index in [0.717, 1.165) is 4.88 Å². The molecule has 2 aromatic carbocycles. The van der Waals surface area contributed by atoms with Crippen molar-refractivity contribution in [2.75, 3.05) is 28.4 Å². The first-order valence-electron chi connectivity index (χ1n) is 10.7.